The molecule has 2 aromatic rings. The molecule has 3 nitrogen and oxygen atoms in total. The van der Waals surface area contributed by atoms with Crippen LogP contribution in [0.1, 0.15) is 55.2 Å². The second kappa shape index (κ2) is 6.46. The Bertz CT molecular complexity index is 575. The normalized spacial score (nSPS) is 16.1. The van der Waals surface area contributed by atoms with Gasteiger partial charge in [0.05, 0.1) is 17.2 Å². The van der Waals surface area contributed by atoms with E-state index in [0.29, 0.717) is 12.0 Å². The van der Waals surface area contributed by atoms with Crippen molar-refractivity contribution in [3.05, 3.63) is 33.0 Å². The van der Waals surface area contributed by atoms with Gasteiger partial charge in [0.25, 0.3) is 0 Å². The maximum Gasteiger partial charge on any atom is 0.186 e. The van der Waals surface area contributed by atoms with Crippen LogP contribution in [0.2, 0.25) is 0 Å². The van der Waals surface area contributed by atoms with E-state index in [2.05, 4.69) is 35.6 Å². The first kappa shape index (κ1) is 15.0. The number of hydrogen-bond donors (Lipinski definition) is 1. The summed E-state index contributed by atoms with van der Waals surface area (Å²) in [5, 5.41) is 15.1. The number of rotatable bonds is 7. The number of nitrogens with zero attached hydrogens (tertiary/aromatic N) is 2. The number of hydrogen-bond acceptors (Lipinski definition) is 5. The smallest absolute Gasteiger partial charge is 0.186 e. The van der Waals surface area contributed by atoms with Crippen LogP contribution in [-0.4, -0.2) is 16.1 Å². The predicted octanol–water partition coefficient (Wildman–Crippen LogP) is 4.38. The Morgan fingerprint density at radius 3 is 2.86 bits per heavy atom. The van der Waals surface area contributed by atoms with Crippen LogP contribution in [0.4, 0.5) is 5.13 Å². The predicted molar refractivity (Wildman–Crippen MR) is 90.3 cm³/mol. The monoisotopic (exact) mass is 322 g/mol. The minimum absolute atomic E-state index is 0.105. The molecule has 3 rings (SSSR count). The summed E-state index contributed by atoms with van der Waals surface area (Å²) in [6.07, 6.45) is 3.58. The second-order valence-electron chi connectivity index (χ2n) is 5.76. The quantitative estimate of drug-likeness (QED) is 0.822. The van der Waals surface area contributed by atoms with Crippen molar-refractivity contribution in [3.63, 3.8) is 0 Å². The van der Waals surface area contributed by atoms with Gasteiger partial charge in [-0.15, -0.1) is 0 Å². The Hall–Kier alpha value is -0.910. The number of aliphatic hydroxyl groups excluding tert-OH is 1. The molecule has 1 saturated carbocycles. The fraction of sp³-hybridized carbons (Fsp3) is 0.562. The van der Waals surface area contributed by atoms with E-state index in [-0.39, 0.29) is 6.61 Å². The van der Waals surface area contributed by atoms with E-state index in [1.807, 2.05) is 0 Å². The van der Waals surface area contributed by atoms with Crippen molar-refractivity contribution >= 4 is 27.8 Å². The van der Waals surface area contributed by atoms with Crippen LogP contribution in [0.15, 0.2) is 16.8 Å². The Labute approximate surface area is 134 Å². The lowest BCUT2D eigenvalue weighted by Gasteiger charge is -2.21. The van der Waals surface area contributed by atoms with Gasteiger partial charge in [-0.2, -0.15) is 11.3 Å². The zero-order valence-electron chi connectivity index (χ0n) is 12.6. The molecule has 1 aliphatic rings. The van der Waals surface area contributed by atoms with Crippen LogP contribution in [0, 0.1) is 0 Å². The molecule has 0 spiro atoms. The molecule has 1 atom stereocenters. The minimum Gasteiger partial charge on any atom is -0.391 e. The Morgan fingerprint density at radius 2 is 2.29 bits per heavy atom. The van der Waals surface area contributed by atoms with Crippen molar-refractivity contribution in [1.29, 1.82) is 0 Å². The molecule has 1 aliphatic carbocycles. The first-order chi connectivity index (χ1) is 10.2. The van der Waals surface area contributed by atoms with Crippen molar-refractivity contribution in [2.45, 2.75) is 58.2 Å². The molecule has 0 bridgehead atoms. The number of anilines is 1. The molecule has 0 saturated heterocycles. The molecule has 1 N–H and O–H groups in total. The molecule has 2 heterocycles. The van der Waals surface area contributed by atoms with Crippen molar-refractivity contribution in [3.8, 4) is 0 Å². The van der Waals surface area contributed by atoms with Gasteiger partial charge in [-0.3, -0.25) is 0 Å². The molecule has 0 radical (unpaired) electrons. The first-order valence-corrected chi connectivity index (χ1v) is 9.37. The molecular formula is C16H22N2OS2. The van der Waals surface area contributed by atoms with Crippen molar-refractivity contribution in [2.75, 3.05) is 4.90 Å². The van der Waals surface area contributed by atoms with E-state index in [9.17, 15) is 5.11 Å². The second-order valence-corrected chi connectivity index (χ2v) is 7.61. The van der Waals surface area contributed by atoms with Crippen LogP contribution >= 0.6 is 22.7 Å². The topological polar surface area (TPSA) is 36.4 Å². The average Bonchev–Trinajstić information content (AvgIpc) is 3.04. The lowest BCUT2D eigenvalue weighted by molar-refractivity contribution is 0.283. The maximum absolute atomic E-state index is 9.62. The largest absolute Gasteiger partial charge is 0.391 e. The maximum atomic E-state index is 9.62. The Morgan fingerprint density at radius 1 is 1.48 bits per heavy atom. The molecular weight excluding hydrogens is 300 g/mol. The van der Waals surface area contributed by atoms with Gasteiger partial charge in [-0.1, -0.05) is 25.2 Å². The highest BCUT2D eigenvalue weighted by atomic mass is 32.1. The highest BCUT2D eigenvalue weighted by Gasteiger charge is 2.32. The number of thiazole rings is 1. The summed E-state index contributed by atoms with van der Waals surface area (Å²) in [5.74, 6) is 0.416. The van der Waals surface area contributed by atoms with Crippen molar-refractivity contribution in [2.24, 2.45) is 0 Å². The molecule has 0 aromatic carbocycles. The van der Waals surface area contributed by atoms with Gasteiger partial charge < -0.3 is 10.0 Å². The zero-order chi connectivity index (χ0) is 14.8. The minimum atomic E-state index is 0.105. The third-order valence-corrected chi connectivity index (χ3v) is 5.93. The number of aromatic nitrogens is 1. The van der Waals surface area contributed by atoms with Gasteiger partial charge in [0.1, 0.15) is 0 Å². The number of aliphatic hydroxyl groups is 1. The SMILES string of the molecule is CCC(C)c1nc(N(Cc2ccsc2)C2CC2)sc1CO. The summed E-state index contributed by atoms with van der Waals surface area (Å²) in [6.45, 7) is 5.41. The number of thiophene rings is 1. The third kappa shape index (κ3) is 3.30. The fourth-order valence-corrected chi connectivity index (χ4v) is 4.25. The summed E-state index contributed by atoms with van der Waals surface area (Å²) in [5.41, 5.74) is 2.45. The van der Waals surface area contributed by atoms with E-state index in [0.717, 1.165) is 28.7 Å². The Kier molecular flexibility index (Phi) is 4.62. The third-order valence-electron chi connectivity index (χ3n) is 4.11. The first-order valence-electron chi connectivity index (χ1n) is 7.61. The average molecular weight is 322 g/mol. The highest BCUT2D eigenvalue weighted by Crippen LogP contribution is 2.38. The van der Waals surface area contributed by atoms with Crippen LogP contribution in [0.3, 0.4) is 0 Å². The molecule has 0 amide bonds. The van der Waals surface area contributed by atoms with E-state index in [1.165, 1.54) is 18.4 Å². The lowest BCUT2D eigenvalue weighted by atomic mass is 10.0. The van der Waals surface area contributed by atoms with Crippen LogP contribution in [-0.2, 0) is 13.2 Å². The van der Waals surface area contributed by atoms with Crippen LogP contribution in [0.5, 0.6) is 0 Å². The van der Waals surface area contributed by atoms with Gasteiger partial charge in [0.2, 0.25) is 0 Å². The van der Waals surface area contributed by atoms with E-state index in [1.54, 1.807) is 22.7 Å². The van der Waals surface area contributed by atoms with Gasteiger partial charge >= 0.3 is 0 Å². The molecule has 1 unspecified atom stereocenters. The highest BCUT2D eigenvalue weighted by molar-refractivity contribution is 7.15. The molecule has 114 valence electrons. The van der Waals surface area contributed by atoms with E-state index < -0.39 is 0 Å². The fourth-order valence-electron chi connectivity index (χ4n) is 2.48. The van der Waals surface area contributed by atoms with E-state index in [4.69, 9.17) is 4.98 Å². The Balaban J connectivity index is 1.87. The van der Waals surface area contributed by atoms with Crippen LogP contribution in [0.25, 0.3) is 0 Å². The summed E-state index contributed by atoms with van der Waals surface area (Å²) in [7, 11) is 0. The van der Waals surface area contributed by atoms with Crippen molar-refractivity contribution in [1.82, 2.24) is 4.98 Å². The summed E-state index contributed by atoms with van der Waals surface area (Å²) < 4.78 is 0. The van der Waals surface area contributed by atoms with Gasteiger partial charge in [0.15, 0.2) is 5.13 Å². The molecule has 0 aliphatic heterocycles. The van der Waals surface area contributed by atoms with Gasteiger partial charge in [-0.25, -0.2) is 4.98 Å². The molecule has 21 heavy (non-hydrogen) atoms. The van der Waals surface area contributed by atoms with Crippen LogP contribution < -0.4 is 4.90 Å². The molecule has 1 fully saturated rings. The zero-order valence-corrected chi connectivity index (χ0v) is 14.2. The van der Waals surface area contributed by atoms with Gasteiger partial charge in [0, 0.05) is 12.6 Å². The van der Waals surface area contributed by atoms with E-state index >= 15 is 0 Å². The van der Waals surface area contributed by atoms with Crippen molar-refractivity contribution < 1.29 is 5.11 Å². The lowest BCUT2D eigenvalue weighted by Crippen LogP contribution is -2.24. The molecule has 5 heteroatoms. The van der Waals surface area contributed by atoms with Gasteiger partial charge in [-0.05, 0) is 47.6 Å². The standard InChI is InChI=1S/C16H22N2OS2/c1-3-11(2)15-14(9-19)21-16(17-15)18(13-4-5-13)8-12-6-7-20-10-12/h6-7,10-11,13,19H,3-5,8-9H2,1-2H3. The summed E-state index contributed by atoms with van der Waals surface area (Å²) in [6, 6.07) is 2.82. The summed E-state index contributed by atoms with van der Waals surface area (Å²) >= 11 is 3.42. The molecule has 2 aromatic heterocycles. The summed E-state index contributed by atoms with van der Waals surface area (Å²) in [4.78, 5) is 8.35.